The number of carboxylic acids is 1. The lowest BCUT2D eigenvalue weighted by atomic mass is 9.75. The highest BCUT2D eigenvalue weighted by atomic mass is 35.5. The summed E-state index contributed by atoms with van der Waals surface area (Å²) in [6.45, 7) is 2.48. The molecule has 2 aromatic rings. The van der Waals surface area contributed by atoms with Crippen molar-refractivity contribution in [2.75, 3.05) is 13.1 Å². The van der Waals surface area contributed by atoms with E-state index < -0.39 is 39.4 Å². The zero-order chi connectivity index (χ0) is 24.7. The maximum absolute atomic E-state index is 13.2. The molecule has 0 aliphatic carbocycles. The number of nitrogens with zero attached hydrogens (tertiary/aromatic N) is 2. The van der Waals surface area contributed by atoms with Crippen molar-refractivity contribution in [3.8, 4) is 0 Å². The van der Waals surface area contributed by atoms with Crippen molar-refractivity contribution < 1.29 is 27.9 Å². The number of rotatable bonds is 6. The number of aliphatic carboxylic acids is 1. The largest absolute Gasteiger partial charge is 0.481 e. The van der Waals surface area contributed by atoms with E-state index in [0.29, 0.717) is 26.6 Å². The molecule has 1 saturated heterocycles. The van der Waals surface area contributed by atoms with Crippen molar-refractivity contribution in [2.45, 2.75) is 32.7 Å². The van der Waals surface area contributed by atoms with Crippen LogP contribution < -0.4 is 10.0 Å². The predicted molar refractivity (Wildman–Crippen MR) is 123 cm³/mol. The highest BCUT2D eigenvalue weighted by Crippen LogP contribution is 2.36. The number of carboxylic acid groups (broad SMARTS) is 1. The van der Waals surface area contributed by atoms with Gasteiger partial charge in [0.25, 0.3) is 5.91 Å². The summed E-state index contributed by atoms with van der Waals surface area (Å²) >= 11 is 12.3. The van der Waals surface area contributed by atoms with E-state index >= 15 is 0 Å². The van der Waals surface area contributed by atoms with Crippen molar-refractivity contribution in [1.82, 2.24) is 18.9 Å². The molecule has 2 amide bonds. The minimum absolute atomic E-state index is 0.000677. The standard InChI is InChI=1S/C20H24Cl2N4O6S/c1-11(27)24-33(31,32)26-7-6-16(20(2,10-26)9-17(28)29)23-19(30)15-8-12-14(25(15)3)5-4-13(21)18(12)22/h4-5,8,16H,6-7,9-10H2,1-3H3,(H,23,30)(H,24,27)(H,28,29). The highest BCUT2D eigenvalue weighted by molar-refractivity contribution is 7.87. The molecule has 2 unspecified atom stereocenters. The number of hydrogen-bond donors (Lipinski definition) is 3. The van der Waals surface area contributed by atoms with Crippen molar-refractivity contribution in [2.24, 2.45) is 12.5 Å². The molecule has 0 saturated carbocycles. The van der Waals surface area contributed by atoms with Gasteiger partial charge in [0, 0.05) is 49.4 Å². The number of aryl methyl sites for hydroxylation is 1. The Morgan fingerprint density at radius 1 is 1.27 bits per heavy atom. The van der Waals surface area contributed by atoms with Crippen LogP contribution in [-0.2, 0) is 26.8 Å². The molecular formula is C20H24Cl2N4O6S. The van der Waals surface area contributed by atoms with Crippen molar-refractivity contribution in [3.63, 3.8) is 0 Å². The third-order valence-corrected chi connectivity index (χ3v) is 8.22. The molecule has 2 atom stereocenters. The van der Waals surface area contributed by atoms with Crippen molar-refractivity contribution in [3.05, 3.63) is 33.9 Å². The van der Waals surface area contributed by atoms with E-state index in [-0.39, 0.29) is 25.9 Å². The maximum Gasteiger partial charge on any atom is 0.304 e. The van der Waals surface area contributed by atoms with Crippen LogP contribution in [0.4, 0.5) is 0 Å². The molecule has 1 aromatic heterocycles. The van der Waals surface area contributed by atoms with E-state index in [9.17, 15) is 27.9 Å². The minimum atomic E-state index is -4.13. The lowest BCUT2D eigenvalue weighted by Crippen LogP contribution is -2.60. The first-order valence-electron chi connectivity index (χ1n) is 10.00. The van der Waals surface area contributed by atoms with E-state index in [2.05, 4.69) is 5.32 Å². The number of fused-ring (bicyclic) bond motifs is 1. The van der Waals surface area contributed by atoms with Crippen LogP contribution in [0.1, 0.15) is 37.2 Å². The van der Waals surface area contributed by atoms with Gasteiger partial charge in [0.15, 0.2) is 0 Å². The molecule has 1 aliphatic rings. The summed E-state index contributed by atoms with van der Waals surface area (Å²) < 4.78 is 29.5. The zero-order valence-electron chi connectivity index (χ0n) is 18.2. The van der Waals surface area contributed by atoms with Crippen LogP contribution >= 0.6 is 23.2 Å². The van der Waals surface area contributed by atoms with E-state index in [0.717, 1.165) is 11.2 Å². The Morgan fingerprint density at radius 2 is 1.94 bits per heavy atom. The molecule has 3 rings (SSSR count). The van der Waals surface area contributed by atoms with Crippen LogP contribution in [0, 0.1) is 5.41 Å². The summed E-state index contributed by atoms with van der Waals surface area (Å²) in [5.74, 6) is -2.35. The van der Waals surface area contributed by atoms with Gasteiger partial charge in [0.2, 0.25) is 5.91 Å². The Balaban J connectivity index is 1.89. The number of nitrogens with one attached hydrogen (secondary N) is 2. The van der Waals surface area contributed by atoms with Gasteiger partial charge in [-0.25, -0.2) is 4.72 Å². The van der Waals surface area contributed by atoms with Gasteiger partial charge >= 0.3 is 16.2 Å². The first kappa shape index (κ1) is 25.3. The fourth-order valence-corrected chi connectivity index (χ4v) is 5.92. The topological polar surface area (TPSA) is 138 Å². The Morgan fingerprint density at radius 3 is 2.55 bits per heavy atom. The normalized spacial score (nSPS) is 21.7. The third kappa shape index (κ3) is 5.11. The highest BCUT2D eigenvalue weighted by Gasteiger charge is 2.45. The average molecular weight is 519 g/mol. The Bertz CT molecular complexity index is 1240. The summed E-state index contributed by atoms with van der Waals surface area (Å²) in [6, 6.07) is 4.33. The van der Waals surface area contributed by atoms with Gasteiger partial charge < -0.3 is 15.0 Å². The fourth-order valence-electron chi connectivity index (χ4n) is 4.24. The van der Waals surface area contributed by atoms with Crippen LogP contribution in [0.15, 0.2) is 18.2 Å². The Hall–Kier alpha value is -2.34. The first-order valence-corrected chi connectivity index (χ1v) is 12.2. The molecule has 0 radical (unpaired) electrons. The molecule has 33 heavy (non-hydrogen) atoms. The number of carbonyl (C=O) groups excluding carboxylic acids is 2. The minimum Gasteiger partial charge on any atom is -0.481 e. The van der Waals surface area contributed by atoms with Gasteiger partial charge in [-0.3, -0.25) is 14.4 Å². The molecule has 2 heterocycles. The maximum atomic E-state index is 13.2. The number of halogens is 2. The lowest BCUT2D eigenvalue weighted by molar-refractivity contribution is -0.140. The molecule has 180 valence electrons. The summed E-state index contributed by atoms with van der Waals surface area (Å²) in [4.78, 5) is 36.0. The SMILES string of the molecule is CC(=O)NS(=O)(=O)N1CCC(NC(=O)c2cc3c(Cl)c(Cl)ccc3n2C)C(C)(CC(=O)O)C1. The van der Waals surface area contributed by atoms with Crippen LogP contribution in [0.2, 0.25) is 10.0 Å². The number of aromatic nitrogens is 1. The molecule has 0 spiro atoms. The number of amides is 2. The molecule has 0 bridgehead atoms. The molecular weight excluding hydrogens is 495 g/mol. The van der Waals surface area contributed by atoms with Crippen molar-refractivity contribution in [1.29, 1.82) is 0 Å². The smallest absolute Gasteiger partial charge is 0.304 e. The number of carbonyl (C=O) groups is 3. The lowest BCUT2D eigenvalue weighted by Gasteiger charge is -2.45. The second kappa shape index (κ2) is 9.13. The van der Waals surface area contributed by atoms with Gasteiger partial charge in [-0.1, -0.05) is 30.1 Å². The zero-order valence-corrected chi connectivity index (χ0v) is 20.5. The molecule has 1 aliphatic heterocycles. The molecule has 1 aromatic carbocycles. The molecule has 1 fully saturated rings. The van der Waals surface area contributed by atoms with Crippen LogP contribution in [0.5, 0.6) is 0 Å². The summed E-state index contributed by atoms with van der Waals surface area (Å²) in [6.07, 6.45) is -0.231. The predicted octanol–water partition coefficient (Wildman–Crippen LogP) is 2.15. The van der Waals surface area contributed by atoms with E-state index in [1.165, 1.54) is 0 Å². The summed E-state index contributed by atoms with van der Waals surface area (Å²) in [5.41, 5.74) is -0.143. The monoisotopic (exact) mass is 518 g/mol. The molecule has 3 N–H and O–H groups in total. The van der Waals surface area contributed by atoms with Gasteiger partial charge in [0.05, 0.1) is 16.5 Å². The number of piperidine rings is 1. The van der Waals surface area contributed by atoms with E-state index in [1.807, 2.05) is 4.72 Å². The molecule has 10 nitrogen and oxygen atoms in total. The van der Waals surface area contributed by atoms with Crippen LogP contribution in [0.25, 0.3) is 10.9 Å². The van der Waals surface area contributed by atoms with Gasteiger partial charge in [-0.05, 0) is 24.6 Å². The Kier molecular flexibility index (Phi) is 6.99. The third-order valence-electron chi connectivity index (χ3n) is 5.87. The quantitative estimate of drug-likeness (QED) is 0.535. The summed E-state index contributed by atoms with van der Waals surface area (Å²) in [5, 5.41) is 13.6. The van der Waals surface area contributed by atoms with Crippen LogP contribution in [0.3, 0.4) is 0 Å². The Labute approximate surface area is 201 Å². The van der Waals surface area contributed by atoms with Gasteiger partial charge in [-0.2, -0.15) is 12.7 Å². The van der Waals surface area contributed by atoms with Crippen LogP contribution in [-0.4, -0.2) is 59.3 Å². The molecule has 13 heteroatoms. The van der Waals surface area contributed by atoms with E-state index in [4.69, 9.17) is 23.2 Å². The number of hydrogen-bond acceptors (Lipinski definition) is 5. The van der Waals surface area contributed by atoms with Gasteiger partial charge in [0.1, 0.15) is 5.69 Å². The number of benzene rings is 1. The average Bonchev–Trinajstić information content (AvgIpc) is 3.02. The second-order valence-corrected chi connectivity index (χ2v) is 10.9. The van der Waals surface area contributed by atoms with Gasteiger partial charge in [-0.15, -0.1) is 0 Å². The van der Waals surface area contributed by atoms with Crippen molar-refractivity contribution >= 4 is 62.1 Å². The summed E-state index contributed by atoms with van der Waals surface area (Å²) in [7, 11) is -2.43. The second-order valence-electron chi connectivity index (χ2n) is 8.42. The van der Waals surface area contributed by atoms with E-state index in [1.54, 1.807) is 36.7 Å². The fraction of sp³-hybridized carbons (Fsp3) is 0.450. The first-order chi connectivity index (χ1) is 15.2.